The van der Waals surface area contributed by atoms with Crippen LogP contribution in [0, 0.1) is 0 Å². The molecule has 174 valence electrons. The first-order chi connectivity index (χ1) is 14.6. The van der Waals surface area contributed by atoms with E-state index in [4.69, 9.17) is 0 Å². The number of halogens is 1. The molecule has 6 nitrogen and oxygen atoms in total. The van der Waals surface area contributed by atoms with Crippen LogP contribution in [0.2, 0.25) is 0 Å². The Morgan fingerprint density at radius 2 is 1.74 bits per heavy atom. The van der Waals surface area contributed by atoms with Crippen LogP contribution in [0.4, 0.5) is 0 Å². The third-order valence-electron chi connectivity index (χ3n) is 6.38. The molecule has 0 radical (unpaired) electrons. The minimum atomic E-state index is 0. The first kappa shape index (κ1) is 25.9. The zero-order valence-corrected chi connectivity index (χ0v) is 21.5. The highest BCUT2D eigenvalue weighted by Gasteiger charge is 2.26. The molecule has 1 aliphatic heterocycles. The zero-order valence-electron chi connectivity index (χ0n) is 19.2. The van der Waals surface area contributed by atoms with Crippen LogP contribution >= 0.6 is 24.0 Å². The maximum absolute atomic E-state index is 12.0. The van der Waals surface area contributed by atoms with Crippen LogP contribution in [-0.2, 0) is 11.2 Å². The van der Waals surface area contributed by atoms with Crippen LogP contribution in [0.3, 0.4) is 0 Å². The molecule has 0 spiro atoms. The smallest absolute Gasteiger partial charge is 0.243 e. The number of hydrogen-bond acceptors (Lipinski definition) is 3. The Bertz CT molecular complexity index is 668. The van der Waals surface area contributed by atoms with Crippen LogP contribution in [0.15, 0.2) is 35.3 Å². The fourth-order valence-electron chi connectivity index (χ4n) is 4.46. The van der Waals surface area contributed by atoms with Crippen molar-refractivity contribution in [2.24, 2.45) is 4.99 Å². The topological polar surface area (TPSA) is 60.0 Å². The van der Waals surface area contributed by atoms with Gasteiger partial charge in [0.2, 0.25) is 5.91 Å². The lowest BCUT2D eigenvalue weighted by atomic mass is 9.92. The van der Waals surface area contributed by atoms with Gasteiger partial charge in [-0.1, -0.05) is 49.6 Å². The molecular weight excluding hydrogens is 501 g/mol. The van der Waals surface area contributed by atoms with Gasteiger partial charge in [-0.15, -0.1) is 24.0 Å². The highest BCUT2D eigenvalue weighted by molar-refractivity contribution is 14.0. The molecule has 1 aromatic rings. The van der Waals surface area contributed by atoms with Crippen molar-refractivity contribution < 1.29 is 4.79 Å². The number of guanidine groups is 1. The first-order valence-electron chi connectivity index (χ1n) is 11.6. The number of nitrogens with zero attached hydrogens (tertiary/aromatic N) is 3. The minimum absolute atomic E-state index is 0. The minimum Gasteiger partial charge on any atom is -0.356 e. The van der Waals surface area contributed by atoms with Crippen molar-refractivity contribution in [1.82, 2.24) is 20.4 Å². The molecule has 0 unspecified atom stereocenters. The van der Waals surface area contributed by atoms with E-state index in [0.29, 0.717) is 6.04 Å². The summed E-state index contributed by atoms with van der Waals surface area (Å²) >= 11 is 0. The molecule has 0 bridgehead atoms. The molecule has 2 aliphatic rings. The third kappa shape index (κ3) is 8.96. The van der Waals surface area contributed by atoms with Crippen LogP contribution in [0.1, 0.15) is 50.5 Å². The van der Waals surface area contributed by atoms with Crippen molar-refractivity contribution >= 4 is 35.8 Å². The van der Waals surface area contributed by atoms with Crippen molar-refractivity contribution in [2.45, 2.75) is 63.5 Å². The summed E-state index contributed by atoms with van der Waals surface area (Å²) in [6, 6.07) is 11.7. The van der Waals surface area contributed by atoms with Gasteiger partial charge < -0.3 is 20.4 Å². The van der Waals surface area contributed by atoms with Crippen molar-refractivity contribution in [1.29, 1.82) is 0 Å². The monoisotopic (exact) mass is 541 g/mol. The second-order valence-electron chi connectivity index (χ2n) is 8.86. The van der Waals surface area contributed by atoms with E-state index < -0.39 is 0 Å². The van der Waals surface area contributed by atoms with Crippen LogP contribution < -0.4 is 10.6 Å². The Balaban J connectivity index is 0.00000341. The second kappa shape index (κ2) is 13.9. The Kier molecular flexibility index (Phi) is 11.6. The van der Waals surface area contributed by atoms with E-state index in [1.807, 2.05) is 6.07 Å². The van der Waals surface area contributed by atoms with Gasteiger partial charge in [0.05, 0.1) is 0 Å². The lowest BCUT2D eigenvalue weighted by Gasteiger charge is -2.39. The second-order valence-corrected chi connectivity index (χ2v) is 8.86. The number of piperidine rings is 1. The molecule has 1 aromatic carbocycles. The number of aliphatic imine (C=N–C) groups is 1. The van der Waals surface area contributed by atoms with Gasteiger partial charge in [0, 0.05) is 45.8 Å². The van der Waals surface area contributed by atoms with E-state index in [0.717, 1.165) is 50.9 Å². The van der Waals surface area contributed by atoms with E-state index in [1.165, 1.54) is 37.7 Å². The number of hydrogen-bond donors (Lipinski definition) is 2. The van der Waals surface area contributed by atoms with E-state index in [9.17, 15) is 4.79 Å². The quantitative estimate of drug-likeness (QED) is 0.316. The van der Waals surface area contributed by atoms with E-state index in [1.54, 1.807) is 19.0 Å². The summed E-state index contributed by atoms with van der Waals surface area (Å²) in [5.41, 5.74) is 1.30. The van der Waals surface area contributed by atoms with Gasteiger partial charge >= 0.3 is 0 Å². The number of nitrogens with one attached hydrogen (secondary N) is 2. The third-order valence-corrected chi connectivity index (χ3v) is 6.38. The summed E-state index contributed by atoms with van der Waals surface area (Å²) < 4.78 is 0. The maximum Gasteiger partial charge on any atom is 0.243 e. The highest BCUT2D eigenvalue weighted by atomic mass is 127. The number of carbonyl (C=O) groups is 1. The van der Waals surface area contributed by atoms with Gasteiger partial charge in [0.1, 0.15) is 6.54 Å². The Hall–Kier alpha value is -1.35. The Morgan fingerprint density at radius 3 is 2.39 bits per heavy atom. The molecule has 3 rings (SSSR count). The molecule has 2 fully saturated rings. The summed E-state index contributed by atoms with van der Waals surface area (Å²) in [7, 11) is 3.55. The Morgan fingerprint density at radius 1 is 1.06 bits per heavy atom. The standard InChI is InChI=1S/C24H39N5O.HI/c1-28(2)23(30)19-26-24(25-16-13-20-9-5-3-6-10-20)27-21-14-17-29(18-15-21)22-11-7-4-8-12-22;/h3,5-6,9-10,21-22H,4,7-8,11-19H2,1-2H3,(H2,25,26,27);1H. The van der Waals surface area contributed by atoms with Crippen molar-refractivity contribution in [3.63, 3.8) is 0 Å². The van der Waals surface area contributed by atoms with Gasteiger partial charge in [-0.2, -0.15) is 0 Å². The first-order valence-corrected chi connectivity index (χ1v) is 11.6. The number of carbonyl (C=O) groups excluding carboxylic acids is 1. The molecule has 1 amide bonds. The molecule has 7 heteroatoms. The zero-order chi connectivity index (χ0) is 21.2. The summed E-state index contributed by atoms with van der Waals surface area (Å²) in [5, 5.41) is 7.04. The lowest BCUT2D eigenvalue weighted by molar-refractivity contribution is -0.127. The molecule has 1 heterocycles. The number of benzene rings is 1. The van der Waals surface area contributed by atoms with Crippen molar-refractivity contribution in [3.8, 4) is 0 Å². The van der Waals surface area contributed by atoms with Gasteiger partial charge in [-0.25, -0.2) is 4.99 Å². The molecule has 1 saturated heterocycles. The van der Waals surface area contributed by atoms with Gasteiger partial charge in [-0.3, -0.25) is 4.79 Å². The molecule has 1 aliphatic carbocycles. The lowest BCUT2D eigenvalue weighted by Crippen LogP contribution is -2.51. The normalized spacial score (nSPS) is 18.8. The van der Waals surface area contributed by atoms with E-state index in [2.05, 4.69) is 44.8 Å². The number of rotatable bonds is 7. The summed E-state index contributed by atoms with van der Waals surface area (Å²) in [6.45, 7) is 3.30. The molecular formula is C24H40IN5O. The van der Waals surface area contributed by atoms with Gasteiger partial charge in [0.25, 0.3) is 0 Å². The number of likely N-dealkylation sites (tertiary alicyclic amines) is 1. The predicted octanol–water partition coefficient (Wildman–Crippen LogP) is 3.27. The SMILES string of the molecule is CN(C)C(=O)CN=C(NCCc1ccccc1)NC1CCN(C2CCCCC2)CC1.I. The maximum atomic E-state index is 12.0. The Labute approximate surface area is 205 Å². The predicted molar refractivity (Wildman–Crippen MR) is 139 cm³/mol. The number of amides is 1. The number of likely N-dealkylation sites (N-methyl/N-ethyl adjacent to an activating group) is 1. The van der Waals surface area contributed by atoms with E-state index in [-0.39, 0.29) is 36.4 Å². The molecule has 2 N–H and O–H groups in total. The average Bonchev–Trinajstić information content (AvgIpc) is 2.79. The van der Waals surface area contributed by atoms with Crippen molar-refractivity contribution in [3.05, 3.63) is 35.9 Å². The van der Waals surface area contributed by atoms with Crippen molar-refractivity contribution in [2.75, 3.05) is 40.3 Å². The summed E-state index contributed by atoms with van der Waals surface area (Å²) in [4.78, 5) is 20.9. The molecule has 0 atom stereocenters. The summed E-state index contributed by atoms with van der Waals surface area (Å²) in [5.74, 6) is 0.781. The van der Waals surface area contributed by atoms with Gasteiger partial charge in [0.15, 0.2) is 5.96 Å². The summed E-state index contributed by atoms with van der Waals surface area (Å²) in [6.07, 6.45) is 10.2. The molecule has 1 saturated carbocycles. The average molecular weight is 542 g/mol. The molecule has 0 aromatic heterocycles. The van der Waals surface area contributed by atoms with Gasteiger partial charge in [-0.05, 0) is 37.7 Å². The highest BCUT2D eigenvalue weighted by Crippen LogP contribution is 2.25. The van der Waals surface area contributed by atoms with Crippen LogP contribution in [0.5, 0.6) is 0 Å². The molecule has 31 heavy (non-hydrogen) atoms. The van der Waals surface area contributed by atoms with Crippen LogP contribution in [0.25, 0.3) is 0 Å². The fourth-order valence-corrected chi connectivity index (χ4v) is 4.46. The fraction of sp³-hybridized carbons (Fsp3) is 0.667. The van der Waals surface area contributed by atoms with Crippen LogP contribution in [-0.4, -0.2) is 74.0 Å². The van der Waals surface area contributed by atoms with E-state index >= 15 is 0 Å². The largest absolute Gasteiger partial charge is 0.356 e.